The van der Waals surface area contributed by atoms with Gasteiger partial charge in [0.1, 0.15) is 24.0 Å². The van der Waals surface area contributed by atoms with Gasteiger partial charge in [0.25, 0.3) is 0 Å². The Bertz CT molecular complexity index is 572. The highest BCUT2D eigenvalue weighted by Crippen LogP contribution is 2.21. The van der Waals surface area contributed by atoms with E-state index in [4.69, 9.17) is 10.5 Å². The van der Waals surface area contributed by atoms with Crippen molar-refractivity contribution >= 4 is 11.5 Å². The third-order valence-electron chi connectivity index (χ3n) is 2.75. The summed E-state index contributed by atoms with van der Waals surface area (Å²) in [6.07, 6.45) is 0.887. The van der Waals surface area contributed by atoms with Crippen molar-refractivity contribution < 1.29 is 4.74 Å². The summed E-state index contributed by atoms with van der Waals surface area (Å²) < 4.78 is 5.50. The first-order valence-electron chi connectivity index (χ1n) is 6.75. The van der Waals surface area contributed by atoms with Crippen molar-refractivity contribution in [3.63, 3.8) is 0 Å². The number of nitrogens with two attached hydrogens (primary N) is 1. The molecule has 2 rings (SSSR count). The van der Waals surface area contributed by atoms with Crippen LogP contribution >= 0.6 is 0 Å². The van der Waals surface area contributed by atoms with Crippen molar-refractivity contribution in [2.75, 3.05) is 18.5 Å². The van der Waals surface area contributed by atoms with Crippen LogP contribution < -0.4 is 15.8 Å². The summed E-state index contributed by atoms with van der Waals surface area (Å²) in [6, 6.07) is 9.70. The molecular formula is C15H20N4O. The number of hydrogen-bond donors (Lipinski definition) is 2. The van der Waals surface area contributed by atoms with E-state index in [9.17, 15) is 0 Å². The molecule has 0 aliphatic rings. The first-order chi connectivity index (χ1) is 9.71. The Kier molecular flexibility index (Phi) is 4.90. The van der Waals surface area contributed by atoms with Crippen LogP contribution in [-0.2, 0) is 6.42 Å². The van der Waals surface area contributed by atoms with Crippen LogP contribution in [0.25, 0.3) is 0 Å². The normalized spacial score (nSPS) is 10.3. The fraction of sp³-hybridized carbons (Fsp3) is 0.333. The van der Waals surface area contributed by atoms with E-state index >= 15 is 0 Å². The molecule has 1 heterocycles. The quantitative estimate of drug-likeness (QED) is 0.845. The molecule has 0 saturated carbocycles. The minimum Gasteiger partial charge on any atom is -0.492 e. The lowest BCUT2D eigenvalue weighted by atomic mass is 10.2. The zero-order valence-corrected chi connectivity index (χ0v) is 11.9. The van der Waals surface area contributed by atoms with Crippen molar-refractivity contribution in [1.82, 2.24) is 9.97 Å². The van der Waals surface area contributed by atoms with E-state index in [-0.39, 0.29) is 0 Å². The van der Waals surface area contributed by atoms with Crippen molar-refractivity contribution in [2.45, 2.75) is 20.3 Å². The van der Waals surface area contributed by atoms with Crippen LogP contribution in [0.5, 0.6) is 5.75 Å². The second-order valence-corrected chi connectivity index (χ2v) is 4.44. The van der Waals surface area contributed by atoms with E-state index < -0.39 is 0 Å². The summed E-state index contributed by atoms with van der Waals surface area (Å²) in [4.78, 5) is 8.75. The minimum absolute atomic E-state index is 0.503. The molecule has 1 aromatic heterocycles. The first-order valence-corrected chi connectivity index (χ1v) is 6.75. The van der Waals surface area contributed by atoms with Crippen LogP contribution in [-0.4, -0.2) is 23.1 Å². The van der Waals surface area contributed by atoms with E-state index in [0.717, 1.165) is 35.2 Å². The van der Waals surface area contributed by atoms with Crippen LogP contribution in [0.15, 0.2) is 30.3 Å². The van der Waals surface area contributed by atoms with Gasteiger partial charge in [0.05, 0.1) is 0 Å². The van der Waals surface area contributed by atoms with E-state index in [1.54, 1.807) is 0 Å². The third-order valence-corrected chi connectivity index (χ3v) is 2.75. The predicted octanol–water partition coefficient (Wildman–Crippen LogP) is 2.43. The zero-order valence-electron chi connectivity index (χ0n) is 11.9. The smallest absolute Gasteiger partial charge is 0.134 e. The Morgan fingerprint density at radius 3 is 2.85 bits per heavy atom. The number of ether oxygens (including phenoxy) is 1. The molecule has 1 aromatic carbocycles. The van der Waals surface area contributed by atoms with Gasteiger partial charge in [0.2, 0.25) is 0 Å². The molecular weight excluding hydrogens is 252 g/mol. The maximum atomic E-state index is 5.50. The van der Waals surface area contributed by atoms with Gasteiger partial charge in [-0.2, -0.15) is 0 Å². The topological polar surface area (TPSA) is 73.1 Å². The Balaban J connectivity index is 2.15. The minimum atomic E-state index is 0.503. The molecule has 0 radical (unpaired) electrons. The lowest BCUT2D eigenvalue weighted by Crippen LogP contribution is -2.10. The monoisotopic (exact) mass is 272 g/mol. The van der Waals surface area contributed by atoms with Gasteiger partial charge >= 0.3 is 0 Å². The summed E-state index contributed by atoms with van der Waals surface area (Å²) in [5, 5.41) is 3.27. The average Bonchev–Trinajstić information content (AvgIpc) is 2.45. The molecule has 0 fully saturated rings. The number of aromatic nitrogens is 2. The van der Waals surface area contributed by atoms with Gasteiger partial charge in [-0.05, 0) is 25.5 Å². The summed E-state index contributed by atoms with van der Waals surface area (Å²) in [7, 11) is 0. The Labute approximate surface area is 119 Å². The van der Waals surface area contributed by atoms with Crippen LogP contribution in [0.4, 0.5) is 11.5 Å². The summed E-state index contributed by atoms with van der Waals surface area (Å²) in [5.41, 5.74) is 7.38. The number of aryl methyl sites for hydroxylation is 2. The molecule has 0 bridgehead atoms. The molecule has 20 heavy (non-hydrogen) atoms. The maximum Gasteiger partial charge on any atom is 0.134 e. The number of hydrogen-bond acceptors (Lipinski definition) is 5. The fourth-order valence-electron chi connectivity index (χ4n) is 1.86. The van der Waals surface area contributed by atoms with E-state index in [1.165, 1.54) is 0 Å². The van der Waals surface area contributed by atoms with Gasteiger partial charge in [-0.25, -0.2) is 9.97 Å². The van der Waals surface area contributed by atoms with E-state index in [0.29, 0.717) is 13.2 Å². The summed E-state index contributed by atoms with van der Waals surface area (Å²) in [5.74, 6) is 2.36. The molecule has 0 unspecified atom stereocenters. The molecule has 3 N–H and O–H groups in total. The Morgan fingerprint density at radius 2 is 2.10 bits per heavy atom. The molecule has 0 atom stereocenters. The highest BCUT2D eigenvalue weighted by atomic mass is 16.5. The van der Waals surface area contributed by atoms with Gasteiger partial charge < -0.3 is 15.8 Å². The fourth-order valence-corrected chi connectivity index (χ4v) is 1.86. The van der Waals surface area contributed by atoms with Crippen LogP contribution in [0.2, 0.25) is 0 Å². The Morgan fingerprint density at radius 1 is 1.25 bits per heavy atom. The first kappa shape index (κ1) is 14.3. The molecule has 0 aliphatic heterocycles. The van der Waals surface area contributed by atoms with Crippen molar-refractivity contribution in [3.05, 3.63) is 41.9 Å². The third kappa shape index (κ3) is 3.93. The number of anilines is 2. The molecule has 5 nitrogen and oxygen atoms in total. The molecule has 0 saturated heterocycles. The highest BCUT2D eigenvalue weighted by molar-refractivity contribution is 5.58. The molecule has 0 spiro atoms. The number of benzene rings is 1. The van der Waals surface area contributed by atoms with Gasteiger partial charge in [-0.15, -0.1) is 0 Å². The molecule has 5 heteroatoms. The van der Waals surface area contributed by atoms with Crippen LogP contribution in [0, 0.1) is 6.92 Å². The predicted molar refractivity (Wildman–Crippen MR) is 80.4 cm³/mol. The van der Waals surface area contributed by atoms with E-state index in [2.05, 4.69) is 22.2 Å². The van der Waals surface area contributed by atoms with Crippen molar-refractivity contribution in [3.8, 4) is 5.75 Å². The van der Waals surface area contributed by atoms with Crippen LogP contribution in [0.3, 0.4) is 0 Å². The standard InChI is InChI=1S/C15H20N4O/c1-3-12-10-15(18-11(2)17-12)19-13-5-4-6-14(9-13)20-8-7-16/h4-6,9-10H,3,7-8,16H2,1-2H3,(H,17,18,19). The molecule has 0 aliphatic carbocycles. The van der Waals surface area contributed by atoms with Gasteiger partial charge in [0.15, 0.2) is 0 Å². The van der Waals surface area contributed by atoms with Gasteiger partial charge in [-0.1, -0.05) is 13.0 Å². The lowest BCUT2D eigenvalue weighted by molar-refractivity contribution is 0.328. The largest absolute Gasteiger partial charge is 0.492 e. The number of nitrogens with zero attached hydrogens (tertiary/aromatic N) is 2. The van der Waals surface area contributed by atoms with Gasteiger partial charge in [-0.3, -0.25) is 0 Å². The van der Waals surface area contributed by atoms with Crippen LogP contribution in [0.1, 0.15) is 18.4 Å². The van der Waals surface area contributed by atoms with Crippen molar-refractivity contribution in [1.29, 1.82) is 0 Å². The molecule has 2 aromatic rings. The average molecular weight is 272 g/mol. The lowest BCUT2D eigenvalue weighted by Gasteiger charge is -2.10. The number of nitrogens with one attached hydrogen (secondary N) is 1. The molecule has 0 amide bonds. The zero-order chi connectivity index (χ0) is 14.4. The maximum absolute atomic E-state index is 5.50. The second-order valence-electron chi connectivity index (χ2n) is 4.44. The summed E-state index contributed by atoms with van der Waals surface area (Å²) >= 11 is 0. The molecule has 106 valence electrons. The van der Waals surface area contributed by atoms with Crippen molar-refractivity contribution in [2.24, 2.45) is 5.73 Å². The SMILES string of the molecule is CCc1cc(Nc2cccc(OCCN)c2)nc(C)n1. The number of rotatable bonds is 6. The van der Waals surface area contributed by atoms with E-state index in [1.807, 2.05) is 37.3 Å². The van der Waals surface area contributed by atoms with Gasteiger partial charge in [0, 0.05) is 30.1 Å². The summed E-state index contributed by atoms with van der Waals surface area (Å²) in [6.45, 7) is 4.98. The second kappa shape index (κ2) is 6.86. The Hall–Kier alpha value is -2.14. The highest BCUT2D eigenvalue weighted by Gasteiger charge is 2.02.